The number of imidazole rings is 1. The minimum absolute atomic E-state index is 0.300. The fourth-order valence-electron chi connectivity index (χ4n) is 4.25. The zero-order chi connectivity index (χ0) is 19.6. The molecule has 0 N–H and O–H groups in total. The molecule has 1 atom stereocenters. The second kappa shape index (κ2) is 7.64. The smallest absolute Gasteiger partial charge is 0.217 e. The first-order valence-corrected chi connectivity index (χ1v) is 9.92. The van der Waals surface area contributed by atoms with Crippen LogP contribution in [-0.2, 0) is 6.54 Å². The number of fused-ring (bicyclic) bond motifs is 1. The summed E-state index contributed by atoms with van der Waals surface area (Å²) in [5, 5.41) is 0. The molecule has 146 valence electrons. The Morgan fingerprint density at radius 2 is 2.00 bits per heavy atom. The zero-order valence-electron chi connectivity index (χ0n) is 16.4. The van der Waals surface area contributed by atoms with Gasteiger partial charge in [0.25, 0.3) is 0 Å². The van der Waals surface area contributed by atoms with Crippen molar-refractivity contribution >= 4 is 5.52 Å². The molecule has 29 heavy (non-hydrogen) atoms. The van der Waals surface area contributed by atoms with Crippen LogP contribution in [0, 0.1) is 0 Å². The van der Waals surface area contributed by atoms with Crippen LogP contribution in [0.1, 0.15) is 30.1 Å². The number of rotatable bonds is 5. The van der Waals surface area contributed by atoms with E-state index >= 15 is 0 Å². The lowest BCUT2D eigenvalue weighted by molar-refractivity contribution is 0.241. The van der Waals surface area contributed by atoms with E-state index in [2.05, 4.69) is 49.7 Å². The highest BCUT2D eigenvalue weighted by Crippen LogP contribution is 2.35. The summed E-state index contributed by atoms with van der Waals surface area (Å²) in [5.41, 5.74) is 5.66. The molecule has 0 amide bonds. The van der Waals surface area contributed by atoms with Crippen molar-refractivity contribution in [3.8, 4) is 17.0 Å². The van der Waals surface area contributed by atoms with Gasteiger partial charge in [0.05, 0.1) is 30.7 Å². The average molecular weight is 385 g/mol. The van der Waals surface area contributed by atoms with Gasteiger partial charge in [-0.05, 0) is 43.1 Å². The number of pyridine rings is 3. The Hall–Kier alpha value is -3.25. The zero-order valence-corrected chi connectivity index (χ0v) is 16.4. The van der Waals surface area contributed by atoms with E-state index in [0.717, 1.165) is 47.4 Å². The molecule has 1 saturated heterocycles. The molecule has 0 spiro atoms. The molecule has 0 radical (unpaired) electrons. The SMILES string of the molecule is COc1ncccc1CN1CCCC1c1ncn2cc(-c3cccnc3)ccc12. The summed E-state index contributed by atoms with van der Waals surface area (Å²) in [6.45, 7) is 1.87. The van der Waals surface area contributed by atoms with Crippen molar-refractivity contribution in [1.29, 1.82) is 0 Å². The van der Waals surface area contributed by atoms with Gasteiger partial charge < -0.3 is 9.14 Å². The second-order valence-corrected chi connectivity index (χ2v) is 7.38. The number of hydrogen-bond donors (Lipinski definition) is 0. The van der Waals surface area contributed by atoms with Crippen LogP contribution in [0.15, 0.2) is 67.5 Å². The summed E-state index contributed by atoms with van der Waals surface area (Å²) in [4.78, 5) is 15.9. The largest absolute Gasteiger partial charge is 0.481 e. The van der Waals surface area contributed by atoms with Gasteiger partial charge in [0.15, 0.2) is 0 Å². The molecule has 0 aliphatic carbocycles. The Kier molecular flexibility index (Phi) is 4.69. The molecule has 6 heteroatoms. The van der Waals surface area contributed by atoms with Crippen molar-refractivity contribution in [1.82, 2.24) is 24.3 Å². The van der Waals surface area contributed by atoms with Gasteiger partial charge in [0.1, 0.15) is 0 Å². The maximum Gasteiger partial charge on any atom is 0.217 e. The van der Waals surface area contributed by atoms with E-state index in [1.807, 2.05) is 24.7 Å². The van der Waals surface area contributed by atoms with Crippen molar-refractivity contribution < 1.29 is 4.74 Å². The molecule has 4 aromatic rings. The normalized spacial score (nSPS) is 17.1. The predicted molar refractivity (Wildman–Crippen MR) is 112 cm³/mol. The Morgan fingerprint density at radius 1 is 1.07 bits per heavy atom. The lowest BCUT2D eigenvalue weighted by Crippen LogP contribution is -2.23. The van der Waals surface area contributed by atoms with E-state index in [9.17, 15) is 0 Å². The summed E-state index contributed by atoms with van der Waals surface area (Å²) >= 11 is 0. The lowest BCUT2D eigenvalue weighted by atomic mass is 10.1. The van der Waals surface area contributed by atoms with Crippen molar-refractivity contribution in [2.24, 2.45) is 0 Å². The fraction of sp³-hybridized carbons (Fsp3) is 0.261. The van der Waals surface area contributed by atoms with Crippen molar-refractivity contribution in [3.05, 3.63) is 78.8 Å². The van der Waals surface area contributed by atoms with Gasteiger partial charge in [0, 0.05) is 42.5 Å². The summed E-state index contributed by atoms with van der Waals surface area (Å²) in [5.74, 6) is 0.703. The first kappa shape index (κ1) is 17.8. The van der Waals surface area contributed by atoms with Crippen LogP contribution in [0.2, 0.25) is 0 Å². The molecule has 1 aliphatic rings. The van der Waals surface area contributed by atoms with Crippen LogP contribution in [0.3, 0.4) is 0 Å². The Labute approximate surface area is 169 Å². The van der Waals surface area contributed by atoms with E-state index < -0.39 is 0 Å². The van der Waals surface area contributed by atoms with Gasteiger partial charge >= 0.3 is 0 Å². The van der Waals surface area contributed by atoms with Gasteiger partial charge in [-0.2, -0.15) is 0 Å². The van der Waals surface area contributed by atoms with Crippen LogP contribution in [-0.4, -0.2) is 37.9 Å². The first-order valence-electron chi connectivity index (χ1n) is 9.92. The number of ether oxygens (including phenoxy) is 1. The highest BCUT2D eigenvalue weighted by atomic mass is 16.5. The topological polar surface area (TPSA) is 55.5 Å². The van der Waals surface area contributed by atoms with E-state index in [1.165, 1.54) is 6.42 Å². The minimum atomic E-state index is 0.300. The molecular weight excluding hydrogens is 362 g/mol. The molecule has 0 bridgehead atoms. The Bertz CT molecular complexity index is 1120. The lowest BCUT2D eigenvalue weighted by Gasteiger charge is -2.24. The number of methoxy groups -OCH3 is 1. The molecule has 6 nitrogen and oxygen atoms in total. The van der Waals surface area contributed by atoms with Crippen LogP contribution in [0.25, 0.3) is 16.6 Å². The highest BCUT2D eigenvalue weighted by molar-refractivity contribution is 5.66. The van der Waals surface area contributed by atoms with Crippen LogP contribution < -0.4 is 4.74 Å². The minimum Gasteiger partial charge on any atom is -0.481 e. The van der Waals surface area contributed by atoms with Crippen molar-refractivity contribution in [3.63, 3.8) is 0 Å². The summed E-state index contributed by atoms with van der Waals surface area (Å²) in [6, 6.07) is 12.7. The first-order chi connectivity index (χ1) is 14.3. The number of likely N-dealkylation sites (tertiary alicyclic amines) is 1. The van der Waals surface area contributed by atoms with E-state index in [0.29, 0.717) is 11.9 Å². The average Bonchev–Trinajstić information content (AvgIpc) is 3.40. The molecule has 5 rings (SSSR count). The van der Waals surface area contributed by atoms with Gasteiger partial charge in [0.2, 0.25) is 5.88 Å². The molecule has 0 saturated carbocycles. The van der Waals surface area contributed by atoms with E-state index in [1.54, 1.807) is 19.5 Å². The fourth-order valence-corrected chi connectivity index (χ4v) is 4.25. The summed E-state index contributed by atoms with van der Waals surface area (Å²) in [6.07, 6.45) is 11.8. The van der Waals surface area contributed by atoms with Gasteiger partial charge in [-0.25, -0.2) is 9.97 Å². The summed E-state index contributed by atoms with van der Waals surface area (Å²) in [7, 11) is 1.68. The maximum atomic E-state index is 5.44. The predicted octanol–water partition coefficient (Wildman–Crippen LogP) is 4.14. The molecule has 4 aromatic heterocycles. The van der Waals surface area contributed by atoms with Crippen LogP contribution >= 0.6 is 0 Å². The Balaban J connectivity index is 1.45. The van der Waals surface area contributed by atoms with Crippen LogP contribution in [0.4, 0.5) is 0 Å². The maximum absolute atomic E-state index is 5.44. The summed E-state index contributed by atoms with van der Waals surface area (Å²) < 4.78 is 7.57. The molecule has 1 unspecified atom stereocenters. The monoisotopic (exact) mass is 385 g/mol. The van der Waals surface area contributed by atoms with E-state index in [4.69, 9.17) is 9.72 Å². The van der Waals surface area contributed by atoms with Crippen molar-refractivity contribution in [2.45, 2.75) is 25.4 Å². The van der Waals surface area contributed by atoms with Gasteiger partial charge in [-0.15, -0.1) is 0 Å². The van der Waals surface area contributed by atoms with Gasteiger partial charge in [-0.1, -0.05) is 18.2 Å². The third-order valence-electron chi connectivity index (χ3n) is 5.65. The molecule has 1 fully saturated rings. The molecule has 0 aromatic carbocycles. The van der Waals surface area contributed by atoms with E-state index in [-0.39, 0.29) is 0 Å². The number of nitrogens with zero attached hydrogens (tertiary/aromatic N) is 5. The van der Waals surface area contributed by atoms with Crippen molar-refractivity contribution in [2.75, 3.05) is 13.7 Å². The van der Waals surface area contributed by atoms with Gasteiger partial charge in [-0.3, -0.25) is 9.88 Å². The van der Waals surface area contributed by atoms with Crippen LogP contribution in [0.5, 0.6) is 5.88 Å². The number of aromatic nitrogens is 4. The Morgan fingerprint density at radius 3 is 2.86 bits per heavy atom. The highest BCUT2D eigenvalue weighted by Gasteiger charge is 2.29. The molecule has 1 aliphatic heterocycles. The molecule has 5 heterocycles. The quantitative estimate of drug-likeness (QED) is 0.517. The third kappa shape index (κ3) is 3.36. The number of hydrogen-bond acceptors (Lipinski definition) is 5. The second-order valence-electron chi connectivity index (χ2n) is 7.38. The molecular formula is C23H23N5O. The third-order valence-corrected chi connectivity index (χ3v) is 5.65. The standard InChI is InChI=1S/C23H23N5O/c1-29-23-19(6-3-11-25-23)15-27-12-4-7-20(27)22-21-9-8-18(14-28(21)16-26-22)17-5-2-10-24-13-17/h2-3,5-6,8-11,13-14,16,20H,4,7,12,15H2,1H3.